The molecule has 1 aromatic rings. The number of piperidine rings is 1. The Kier molecular flexibility index (Phi) is 4.70. The van der Waals surface area contributed by atoms with Gasteiger partial charge in [-0.3, -0.25) is 0 Å². The van der Waals surface area contributed by atoms with Gasteiger partial charge in [0, 0.05) is 31.3 Å². The maximum Gasteiger partial charge on any atom is 0.246 e. The third kappa shape index (κ3) is 3.12. The molecule has 1 heterocycles. The van der Waals surface area contributed by atoms with Gasteiger partial charge in [-0.2, -0.15) is 4.31 Å². The van der Waals surface area contributed by atoms with E-state index in [9.17, 15) is 12.8 Å². The van der Waals surface area contributed by atoms with Crippen molar-refractivity contribution < 1.29 is 22.3 Å². The molecule has 0 aromatic heterocycles. The van der Waals surface area contributed by atoms with Gasteiger partial charge in [-0.1, -0.05) is 0 Å². The summed E-state index contributed by atoms with van der Waals surface area (Å²) in [6, 6.07) is 2.16. The molecule has 1 fully saturated rings. The molecule has 1 aromatic carbocycles. The molecule has 2 N–H and O–H groups in total. The van der Waals surface area contributed by atoms with Crippen molar-refractivity contribution in [2.24, 2.45) is 5.73 Å². The highest BCUT2D eigenvalue weighted by Gasteiger charge is 2.31. The van der Waals surface area contributed by atoms with Crippen molar-refractivity contribution in [1.29, 1.82) is 0 Å². The number of benzene rings is 1. The van der Waals surface area contributed by atoms with Gasteiger partial charge in [0.15, 0.2) is 11.5 Å². The summed E-state index contributed by atoms with van der Waals surface area (Å²) in [6.45, 7) is 0.578. The van der Waals surface area contributed by atoms with Gasteiger partial charge >= 0.3 is 0 Å². The van der Waals surface area contributed by atoms with Crippen LogP contribution >= 0.6 is 0 Å². The second-order valence-electron chi connectivity index (χ2n) is 4.88. The zero-order chi connectivity index (χ0) is 15.6. The molecule has 118 valence electrons. The average molecular weight is 318 g/mol. The van der Waals surface area contributed by atoms with Gasteiger partial charge in [0.25, 0.3) is 0 Å². The van der Waals surface area contributed by atoms with E-state index in [1.807, 2.05) is 0 Å². The Bertz CT molecular complexity index is 613. The Balaban J connectivity index is 2.40. The van der Waals surface area contributed by atoms with Crippen LogP contribution < -0.4 is 15.2 Å². The van der Waals surface area contributed by atoms with Crippen LogP contribution in [-0.4, -0.2) is 46.1 Å². The lowest BCUT2D eigenvalue weighted by atomic mass is 10.1. The minimum Gasteiger partial charge on any atom is -0.493 e. The standard InChI is InChI=1S/C13H19FN2O4S/c1-19-11-7-10(14)13(8-12(11)20-2)21(17,18)16-5-3-9(15)4-6-16/h7-9H,3-6,15H2,1-2H3. The molecule has 0 radical (unpaired) electrons. The van der Waals surface area contributed by atoms with Crippen LogP contribution in [0.1, 0.15) is 12.8 Å². The number of hydrogen-bond donors (Lipinski definition) is 1. The van der Waals surface area contributed by atoms with Crippen LogP contribution in [0.3, 0.4) is 0 Å². The van der Waals surface area contributed by atoms with Crippen molar-refractivity contribution in [1.82, 2.24) is 4.31 Å². The van der Waals surface area contributed by atoms with E-state index >= 15 is 0 Å². The lowest BCUT2D eigenvalue weighted by Crippen LogP contribution is -2.43. The summed E-state index contributed by atoms with van der Waals surface area (Å²) in [4.78, 5) is -0.407. The Labute approximate surface area is 123 Å². The molecule has 21 heavy (non-hydrogen) atoms. The Morgan fingerprint density at radius 2 is 1.71 bits per heavy atom. The first-order chi connectivity index (χ1) is 9.90. The molecule has 1 aliphatic rings. The van der Waals surface area contributed by atoms with E-state index in [-0.39, 0.29) is 30.6 Å². The second-order valence-corrected chi connectivity index (χ2v) is 6.79. The number of rotatable bonds is 4. The number of methoxy groups -OCH3 is 2. The van der Waals surface area contributed by atoms with Crippen LogP contribution in [0, 0.1) is 5.82 Å². The number of nitrogens with two attached hydrogens (primary N) is 1. The van der Waals surface area contributed by atoms with E-state index in [1.165, 1.54) is 18.5 Å². The zero-order valence-corrected chi connectivity index (χ0v) is 12.8. The van der Waals surface area contributed by atoms with Crippen LogP contribution in [0.2, 0.25) is 0 Å². The highest BCUT2D eigenvalue weighted by atomic mass is 32.2. The molecular formula is C13H19FN2O4S. The Morgan fingerprint density at radius 3 is 2.24 bits per heavy atom. The van der Waals surface area contributed by atoms with E-state index in [4.69, 9.17) is 15.2 Å². The van der Waals surface area contributed by atoms with E-state index in [2.05, 4.69) is 0 Å². The second kappa shape index (κ2) is 6.17. The fourth-order valence-electron chi connectivity index (χ4n) is 2.29. The molecule has 1 saturated heterocycles. The number of hydrogen-bond acceptors (Lipinski definition) is 5. The lowest BCUT2D eigenvalue weighted by Gasteiger charge is -2.29. The van der Waals surface area contributed by atoms with Crippen LogP contribution in [0.25, 0.3) is 0 Å². The molecule has 0 amide bonds. The molecule has 0 unspecified atom stereocenters. The van der Waals surface area contributed by atoms with E-state index in [1.54, 1.807) is 0 Å². The normalized spacial score (nSPS) is 17.7. The third-order valence-electron chi connectivity index (χ3n) is 3.55. The molecule has 8 heteroatoms. The number of sulfonamides is 1. The maximum atomic E-state index is 14.1. The topological polar surface area (TPSA) is 81.9 Å². The van der Waals surface area contributed by atoms with Crippen molar-refractivity contribution >= 4 is 10.0 Å². The van der Waals surface area contributed by atoms with Gasteiger partial charge in [-0.05, 0) is 12.8 Å². The zero-order valence-electron chi connectivity index (χ0n) is 12.0. The van der Waals surface area contributed by atoms with Crippen LogP contribution in [0.5, 0.6) is 11.5 Å². The Morgan fingerprint density at radius 1 is 1.19 bits per heavy atom. The molecule has 6 nitrogen and oxygen atoms in total. The molecule has 0 saturated carbocycles. The van der Waals surface area contributed by atoms with Crippen molar-refractivity contribution in [3.8, 4) is 11.5 Å². The van der Waals surface area contributed by atoms with Crippen molar-refractivity contribution in [2.45, 2.75) is 23.8 Å². The Hall–Kier alpha value is -1.38. The van der Waals surface area contributed by atoms with E-state index in [0.29, 0.717) is 12.8 Å². The first-order valence-corrected chi connectivity index (χ1v) is 8.01. The summed E-state index contributed by atoms with van der Waals surface area (Å²) in [5.41, 5.74) is 5.76. The fraction of sp³-hybridized carbons (Fsp3) is 0.538. The first-order valence-electron chi connectivity index (χ1n) is 6.57. The van der Waals surface area contributed by atoms with Crippen molar-refractivity contribution in [3.05, 3.63) is 17.9 Å². The smallest absolute Gasteiger partial charge is 0.246 e. The van der Waals surface area contributed by atoms with Gasteiger partial charge < -0.3 is 15.2 Å². The highest BCUT2D eigenvalue weighted by Crippen LogP contribution is 2.33. The van der Waals surface area contributed by atoms with E-state index < -0.39 is 20.7 Å². The summed E-state index contributed by atoms with van der Waals surface area (Å²) < 4.78 is 50.4. The molecule has 0 bridgehead atoms. The SMILES string of the molecule is COc1cc(F)c(S(=O)(=O)N2CCC(N)CC2)cc1OC. The average Bonchev–Trinajstić information content (AvgIpc) is 2.47. The van der Waals surface area contributed by atoms with Gasteiger partial charge in [-0.25, -0.2) is 12.8 Å². The van der Waals surface area contributed by atoms with Crippen LogP contribution in [-0.2, 0) is 10.0 Å². The van der Waals surface area contributed by atoms with Crippen LogP contribution in [0.4, 0.5) is 4.39 Å². The van der Waals surface area contributed by atoms with Crippen LogP contribution in [0.15, 0.2) is 17.0 Å². The summed E-state index contributed by atoms with van der Waals surface area (Å²) in [6.07, 6.45) is 1.13. The molecule has 2 rings (SSSR count). The fourth-order valence-corrected chi connectivity index (χ4v) is 3.82. The third-order valence-corrected chi connectivity index (χ3v) is 5.47. The van der Waals surface area contributed by atoms with Crippen molar-refractivity contribution in [2.75, 3.05) is 27.3 Å². The lowest BCUT2D eigenvalue weighted by molar-refractivity contribution is 0.317. The predicted molar refractivity (Wildman–Crippen MR) is 75.5 cm³/mol. The summed E-state index contributed by atoms with van der Waals surface area (Å²) >= 11 is 0. The molecule has 1 aliphatic heterocycles. The van der Waals surface area contributed by atoms with Gasteiger partial charge in [0.1, 0.15) is 10.7 Å². The molecule has 0 atom stereocenters. The largest absolute Gasteiger partial charge is 0.493 e. The quantitative estimate of drug-likeness (QED) is 0.894. The summed E-state index contributed by atoms with van der Waals surface area (Å²) in [7, 11) is -1.18. The molecule has 0 aliphatic carbocycles. The number of halogens is 1. The monoisotopic (exact) mass is 318 g/mol. The maximum absolute atomic E-state index is 14.1. The highest BCUT2D eigenvalue weighted by molar-refractivity contribution is 7.89. The van der Waals surface area contributed by atoms with Gasteiger partial charge in [-0.15, -0.1) is 0 Å². The van der Waals surface area contributed by atoms with Gasteiger partial charge in [0.05, 0.1) is 14.2 Å². The first kappa shape index (κ1) is 16.0. The number of ether oxygens (including phenoxy) is 2. The van der Waals surface area contributed by atoms with E-state index in [0.717, 1.165) is 12.1 Å². The minimum absolute atomic E-state index is 0.00768. The molecule has 0 spiro atoms. The van der Waals surface area contributed by atoms with Gasteiger partial charge in [0.2, 0.25) is 10.0 Å². The predicted octanol–water partition coefficient (Wildman–Crippen LogP) is 0.955. The summed E-state index contributed by atoms with van der Waals surface area (Å²) in [5.74, 6) is -0.539. The molecular weight excluding hydrogens is 299 g/mol. The summed E-state index contributed by atoms with van der Waals surface area (Å²) in [5, 5.41) is 0. The minimum atomic E-state index is -3.91. The number of nitrogens with zero attached hydrogens (tertiary/aromatic N) is 1. The van der Waals surface area contributed by atoms with Crippen molar-refractivity contribution in [3.63, 3.8) is 0 Å².